The molecule has 0 spiro atoms. The predicted octanol–water partition coefficient (Wildman–Crippen LogP) is 6.16. The van der Waals surface area contributed by atoms with Gasteiger partial charge in [-0.05, 0) is 41.5 Å². The maximum absolute atomic E-state index is 11.4. The molecule has 10 nitrogen and oxygen atoms in total. The summed E-state index contributed by atoms with van der Waals surface area (Å²) in [4.78, 5) is 72.9. The summed E-state index contributed by atoms with van der Waals surface area (Å²) >= 11 is 12.4. The van der Waals surface area contributed by atoms with Gasteiger partial charge in [0.15, 0.2) is 0 Å². The van der Waals surface area contributed by atoms with Crippen molar-refractivity contribution in [2.45, 2.75) is 0 Å². The summed E-state index contributed by atoms with van der Waals surface area (Å²) in [5, 5.41) is 0.0980. The summed E-state index contributed by atoms with van der Waals surface area (Å²) < 4.78 is 0. The van der Waals surface area contributed by atoms with Crippen LogP contribution in [0.5, 0.6) is 0 Å². The number of aliphatic imine (C=N–C) groups is 5. The number of benzene rings is 3. The number of rotatable bonds is 7. The van der Waals surface area contributed by atoms with Gasteiger partial charge in [-0.1, -0.05) is 35.3 Å². The van der Waals surface area contributed by atoms with E-state index in [4.69, 9.17) is 23.2 Å². The molecule has 3 aromatic carbocycles. The minimum Gasteiger partial charge on any atom is -0.211 e. The van der Waals surface area contributed by atoms with Crippen molar-refractivity contribution in [3.8, 4) is 22.3 Å². The fraction of sp³-hybridized carbons (Fsp3) is 0. The molecule has 0 radical (unpaired) electrons. The van der Waals surface area contributed by atoms with Crippen LogP contribution >= 0.6 is 23.2 Å². The van der Waals surface area contributed by atoms with Gasteiger partial charge in [0, 0.05) is 11.1 Å². The first-order valence-electron chi connectivity index (χ1n) is 9.19. The lowest BCUT2D eigenvalue weighted by Gasteiger charge is -2.16. The predicted molar refractivity (Wildman–Crippen MR) is 126 cm³/mol. The highest BCUT2D eigenvalue weighted by atomic mass is 35.5. The third-order valence-electron chi connectivity index (χ3n) is 4.56. The molecule has 35 heavy (non-hydrogen) atoms. The van der Waals surface area contributed by atoms with Crippen molar-refractivity contribution in [1.29, 1.82) is 0 Å². The Morgan fingerprint density at radius 2 is 0.971 bits per heavy atom. The van der Waals surface area contributed by atoms with Gasteiger partial charge in [0.05, 0.1) is 27.1 Å². The molecule has 0 saturated carbocycles. The van der Waals surface area contributed by atoms with Crippen LogP contribution in [-0.2, 0) is 24.0 Å². The van der Waals surface area contributed by atoms with E-state index >= 15 is 0 Å². The minimum absolute atomic E-state index is 0.0258. The molecule has 0 aliphatic rings. The second kappa shape index (κ2) is 11.3. The molecule has 3 rings (SSSR count). The average Bonchev–Trinajstić information content (AvgIpc) is 2.84. The van der Waals surface area contributed by atoms with E-state index in [1.165, 1.54) is 72.9 Å². The molecule has 0 aliphatic heterocycles. The third kappa shape index (κ3) is 5.22. The lowest BCUT2D eigenvalue weighted by Crippen LogP contribution is -1.88. The number of nitrogens with zero attached hydrogens (tertiary/aromatic N) is 5. The van der Waals surface area contributed by atoms with Crippen molar-refractivity contribution >= 4 is 82.0 Å². The topological polar surface area (TPSA) is 147 Å². The zero-order chi connectivity index (χ0) is 25.4. The van der Waals surface area contributed by atoms with E-state index < -0.39 is 0 Å². The first kappa shape index (κ1) is 24.8. The van der Waals surface area contributed by atoms with Crippen molar-refractivity contribution < 1.29 is 24.0 Å². The van der Waals surface area contributed by atoms with Crippen LogP contribution in [-0.4, -0.2) is 30.4 Å². The first-order chi connectivity index (χ1) is 17.0. The van der Waals surface area contributed by atoms with E-state index in [0.717, 1.165) is 0 Å². The van der Waals surface area contributed by atoms with Crippen LogP contribution in [0, 0.1) is 0 Å². The molecule has 0 aliphatic carbocycles. The molecule has 168 valence electrons. The monoisotopic (exact) mass is 503 g/mol. The van der Waals surface area contributed by atoms with Crippen LogP contribution in [0.4, 0.5) is 28.4 Å². The largest absolute Gasteiger partial charge is 0.240 e. The van der Waals surface area contributed by atoms with Crippen molar-refractivity contribution in [1.82, 2.24) is 0 Å². The van der Waals surface area contributed by atoms with Crippen LogP contribution in [0.15, 0.2) is 67.4 Å². The van der Waals surface area contributed by atoms with Crippen LogP contribution in [0.25, 0.3) is 22.3 Å². The Kier molecular flexibility index (Phi) is 8.02. The summed E-state index contributed by atoms with van der Waals surface area (Å²) in [6.45, 7) is 0. The first-order valence-corrected chi connectivity index (χ1v) is 9.94. The van der Waals surface area contributed by atoms with Gasteiger partial charge < -0.3 is 0 Å². The summed E-state index contributed by atoms with van der Waals surface area (Å²) in [6.07, 6.45) is 6.94. The standard InChI is InChI=1S/C23H7Cl2N5O5/c24-16-5-13(1-3-18(16)26-8-31)15-7-20(28-10-33)23(30-12-35)21(22(15)29-11-34)14-2-4-19(27-9-32)17(25)6-14/h1-7H. The maximum Gasteiger partial charge on any atom is 0.240 e. The fourth-order valence-corrected chi connectivity index (χ4v) is 3.66. The smallest absolute Gasteiger partial charge is 0.211 e. The molecule has 12 heteroatoms. The molecule has 0 fully saturated rings. The molecule has 0 saturated heterocycles. The molecular formula is C23H7Cl2N5O5. The summed E-state index contributed by atoms with van der Waals surface area (Å²) in [7, 11) is 0. The van der Waals surface area contributed by atoms with Gasteiger partial charge in [-0.25, -0.2) is 24.0 Å². The summed E-state index contributed by atoms with van der Waals surface area (Å²) in [5.41, 5.74) is 0.822. The fourth-order valence-electron chi connectivity index (χ4n) is 3.21. The van der Waals surface area contributed by atoms with Gasteiger partial charge in [0.2, 0.25) is 30.4 Å². The molecule has 0 heterocycles. The number of isocyanates is 5. The Balaban J connectivity index is 2.51. The average molecular weight is 504 g/mol. The van der Waals surface area contributed by atoms with Gasteiger partial charge in [0.1, 0.15) is 11.4 Å². The Morgan fingerprint density at radius 3 is 1.49 bits per heavy atom. The van der Waals surface area contributed by atoms with Crippen LogP contribution in [0.3, 0.4) is 0 Å². The van der Waals surface area contributed by atoms with Crippen LogP contribution in [0.1, 0.15) is 0 Å². The van der Waals surface area contributed by atoms with Gasteiger partial charge in [0.25, 0.3) is 0 Å². The molecule has 0 bridgehead atoms. The zero-order valence-electron chi connectivity index (χ0n) is 17.1. The van der Waals surface area contributed by atoms with E-state index in [2.05, 4.69) is 25.0 Å². The Labute approximate surface area is 205 Å². The molecule has 0 unspecified atom stereocenters. The van der Waals surface area contributed by atoms with Gasteiger partial charge in [-0.3, -0.25) is 0 Å². The maximum atomic E-state index is 11.4. The van der Waals surface area contributed by atoms with Gasteiger partial charge in [-0.15, -0.1) is 0 Å². The SMILES string of the molecule is O=C=Nc1ccc(-c2cc(N=C=O)c(N=C=O)c(-c3ccc(N=C=O)c(Cl)c3)c2N=C=O)cc1Cl. The van der Waals surface area contributed by atoms with Crippen molar-refractivity contribution in [3.05, 3.63) is 52.5 Å². The van der Waals surface area contributed by atoms with E-state index in [1.807, 2.05) is 0 Å². The molecule has 3 aromatic rings. The minimum atomic E-state index is -0.169. The Bertz CT molecular complexity index is 1600. The molecular weight excluding hydrogens is 497 g/mol. The van der Waals surface area contributed by atoms with E-state index in [-0.39, 0.29) is 55.2 Å². The van der Waals surface area contributed by atoms with E-state index in [9.17, 15) is 24.0 Å². The summed E-state index contributed by atoms with van der Waals surface area (Å²) in [5.74, 6) is 0. The number of hydrogen-bond acceptors (Lipinski definition) is 10. The summed E-state index contributed by atoms with van der Waals surface area (Å²) in [6, 6.07) is 9.88. The van der Waals surface area contributed by atoms with Crippen LogP contribution in [0.2, 0.25) is 10.0 Å². The van der Waals surface area contributed by atoms with Gasteiger partial charge >= 0.3 is 0 Å². The van der Waals surface area contributed by atoms with Crippen molar-refractivity contribution in [3.63, 3.8) is 0 Å². The second-order valence-electron chi connectivity index (χ2n) is 6.36. The van der Waals surface area contributed by atoms with Crippen LogP contribution < -0.4 is 0 Å². The second-order valence-corrected chi connectivity index (χ2v) is 7.18. The van der Waals surface area contributed by atoms with E-state index in [1.54, 1.807) is 0 Å². The molecule has 0 amide bonds. The highest BCUT2D eigenvalue weighted by Crippen LogP contribution is 2.51. The van der Waals surface area contributed by atoms with Gasteiger partial charge in [-0.2, -0.15) is 25.0 Å². The van der Waals surface area contributed by atoms with E-state index in [0.29, 0.717) is 5.56 Å². The lowest BCUT2D eigenvalue weighted by molar-refractivity contribution is 0.564. The number of halogens is 2. The third-order valence-corrected chi connectivity index (χ3v) is 5.17. The number of carbonyl (C=O) groups excluding carboxylic acids is 5. The zero-order valence-corrected chi connectivity index (χ0v) is 18.6. The quantitative estimate of drug-likeness (QED) is 0.279. The van der Waals surface area contributed by atoms with Crippen molar-refractivity contribution in [2.75, 3.05) is 0 Å². The highest BCUT2D eigenvalue weighted by molar-refractivity contribution is 6.34. The molecule has 0 aromatic heterocycles. The molecule has 0 N–H and O–H groups in total. The normalized spacial score (nSPS) is 9.43. The Hall–Kier alpha value is -4.86. The highest BCUT2D eigenvalue weighted by Gasteiger charge is 2.22. The number of hydrogen-bond donors (Lipinski definition) is 0. The lowest BCUT2D eigenvalue weighted by atomic mass is 9.93. The molecule has 0 atom stereocenters. The van der Waals surface area contributed by atoms with Crippen molar-refractivity contribution in [2.24, 2.45) is 25.0 Å². The Morgan fingerprint density at radius 1 is 0.514 bits per heavy atom.